The van der Waals surface area contributed by atoms with Crippen molar-refractivity contribution in [2.24, 2.45) is 0 Å². The number of aryl methyl sites for hydroxylation is 1. The Morgan fingerprint density at radius 3 is 2.56 bits per heavy atom. The molecule has 0 radical (unpaired) electrons. The van der Waals surface area contributed by atoms with Crippen LogP contribution in [0.2, 0.25) is 0 Å². The van der Waals surface area contributed by atoms with Crippen molar-refractivity contribution in [1.29, 1.82) is 0 Å². The van der Waals surface area contributed by atoms with Crippen LogP contribution in [-0.2, 0) is 0 Å². The standard InChI is InChI=1S/C13H17F3N2/c1-10-2-5-17-12(8-10)11-3-6-18(7-4-11)9-13(14,15)16/h2,5,8,11H,3-4,6-7,9H2,1H3. The van der Waals surface area contributed by atoms with Crippen LogP contribution in [0.25, 0.3) is 0 Å². The van der Waals surface area contributed by atoms with Gasteiger partial charge < -0.3 is 0 Å². The van der Waals surface area contributed by atoms with E-state index in [1.165, 1.54) is 4.90 Å². The van der Waals surface area contributed by atoms with Crippen molar-refractivity contribution in [1.82, 2.24) is 9.88 Å². The first-order valence-electron chi connectivity index (χ1n) is 6.16. The topological polar surface area (TPSA) is 16.1 Å². The van der Waals surface area contributed by atoms with Crippen LogP contribution in [-0.4, -0.2) is 35.7 Å². The molecule has 1 fully saturated rings. The summed E-state index contributed by atoms with van der Waals surface area (Å²) in [6, 6.07) is 3.96. The molecule has 0 atom stereocenters. The van der Waals surface area contributed by atoms with E-state index in [9.17, 15) is 13.2 Å². The molecule has 0 saturated carbocycles. The number of halogens is 3. The third kappa shape index (κ3) is 3.70. The monoisotopic (exact) mass is 258 g/mol. The highest BCUT2D eigenvalue weighted by molar-refractivity contribution is 5.18. The molecule has 0 unspecified atom stereocenters. The van der Waals surface area contributed by atoms with Gasteiger partial charge >= 0.3 is 6.18 Å². The Bertz CT molecular complexity index is 395. The fourth-order valence-electron chi connectivity index (χ4n) is 2.42. The minimum absolute atomic E-state index is 0.300. The molecule has 1 saturated heterocycles. The number of hydrogen-bond donors (Lipinski definition) is 0. The minimum atomic E-state index is -4.09. The molecule has 0 N–H and O–H groups in total. The fourth-order valence-corrected chi connectivity index (χ4v) is 2.42. The van der Waals surface area contributed by atoms with Crippen molar-refractivity contribution in [3.63, 3.8) is 0 Å². The quantitative estimate of drug-likeness (QED) is 0.810. The summed E-state index contributed by atoms with van der Waals surface area (Å²) in [6.07, 6.45) is -0.805. The molecule has 0 amide bonds. The molecule has 1 aliphatic rings. The summed E-state index contributed by atoms with van der Waals surface area (Å²) < 4.78 is 36.8. The molecule has 5 heteroatoms. The molecule has 0 bridgehead atoms. The molecule has 0 aliphatic carbocycles. The van der Waals surface area contributed by atoms with Crippen LogP contribution in [0.15, 0.2) is 18.3 Å². The number of aromatic nitrogens is 1. The van der Waals surface area contributed by atoms with E-state index in [4.69, 9.17) is 0 Å². The normalized spacial score (nSPS) is 19.1. The van der Waals surface area contributed by atoms with Gasteiger partial charge in [-0.1, -0.05) is 0 Å². The molecule has 1 aromatic rings. The predicted octanol–water partition coefficient (Wildman–Crippen LogP) is 3.13. The molecule has 0 aromatic carbocycles. The number of pyridine rings is 1. The maximum absolute atomic E-state index is 12.3. The summed E-state index contributed by atoms with van der Waals surface area (Å²) in [6.45, 7) is 2.21. The van der Waals surface area contributed by atoms with Crippen LogP contribution in [0.4, 0.5) is 13.2 Å². The second kappa shape index (κ2) is 5.26. The zero-order valence-electron chi connectivity index (χ0n) is 10.4. The van der Waals surface area contributed by atoms with E-state index in [2.05, 4.69) is 4.98 Å². The zero-order chi connectivity index (χ0) is 13.2. The lowest BCUT2D eigenvalue weighted by atomic mass is 9.92. The first-order chi connectivity index (χ1) is 8.44. The second-order valence-electron chi connectivity index (χ2n) is 4.92. The Balaban J connectivity index is 1.91. The van der Waals surface area contributed by atoms with Gasteiger partial charge in [0.15, 0.2) is 0 Å². The third-order valence-corrected chi connectivity index (χ3v) is 3.35. The van der Waals surface area contributed by atoms with Crippen molar-refractivity contribution < 1.29 is 13.2 Å². The van der Waals surface area contributed by atoms with Crippen molar-refractivity contribution in [3.05, 3.63) is 29.6 Å². The van der Waals surface area contributed by atoms with Gasteiger partial charge in [0, 0.05) is 17.8 Å². The van der Waals surface area contributed by atoms with Crippen molar-refractivity contribution in [2.45, 2.75) is 31.9 Å². The summed E-state index contributed by atoms with van der Waals surface area (Å²) >= 11 is 0. The molecule has 1 aliphatic heterocycles. The van der Waals surface area contributed by atoms with Gasteiger partial charge in [0.2, 0.25) is 0 Å². The highest BCUT2D eigenvalue weighted by atomic mass is 19.4. The number of likely N-dealkylation sites (tertiary alicyclic amines) is 1. The van der Waals surface area contributed by atoms with Crippen molar-refractivity contribution in [2.75, 3.05) is 19.6 Å². The highest BCUT2D eigenvalue weighted by Gasteiger charge is 2.32. The summed E-state index contributed by atoms with van der Waals surface area (Å²) in [4.78, 5) is 5.80. The van der Waals surface area contributed by atoms with E-state index in [1.54, 1.807) is 6.20 Å². The van der Waals surface area contributed by atoms with Gasteiger partial charge in [-0.05, 0) is 50.6 Å². The number of hydrogen-bond acceptors (Lipinski definition) is 2. The highest BCUT2D eigenvalue weighted by Crippen LogP contribution is 2.28. The maximum atomic E-state index is 12.3. The molecule has 18 heavy (non-hydrogen) atoms. The van der Waals surface area contributed by atoms with E-state index in [0.29, 0.717) is 19.0 Å². The Labute approximate surface area is 105 Å². The fraction of sp³-hybridized carbons (Fsp3) is 0.615. The van der Waals surface area contributed by atoms with E-state index in [1.807, 2.05) is 19.1 Å². The Morgan fingerprint density at radius 2 is 2.00 bits per heavy atom. The first kappa shape index (κ1) is 13.3. The van der Waals surface area contributed by atoms with Crippen LogP contribution in [0.3, 0.4) is 0 Å². The molecule has 1 aromatic heterocycles. The number of piperidine rings is 1. The van der Waals surface area contributed by atoms with E-state index in [-0.39, 0.29) is 0 Å². The number of rotatable bonds is 2. The largest absolute Gasteiger partial charge is 0.401 e. The SMILES string of the molecule is Cc1ccnc(C2CCN(CC(F)(F)F)CC2)c1. The molecular formula is C13H17F3N2. The number of nitrogens with zero attached hydrogens (tertiary/aromatic N) is 2. The lowest BCUT2D eigenvalue weighted by molar-refractivity contribution is -0.147. The average molecular weight is 258 g/mol. The first-order valence-corrected chi connectivity index (χ1v) is 6.16. The van der Waals surface area contributed by atoms with Crippen LogP contribution < -0.4 is 0 Å². The van der Waals surface area contributed by atoms with Crippen LogP contribution in [0.5, 0.6) is 0 Å². The van der Waals surface area contributed by atoms with Crippen LogP contribution in [0, 0.1) is 6.92 Å². The average Bonchev–Trinajstić information content (AvgIpc) is 2.28. The molecule has 100 valence electrons. The Morgan fingerprint density at radius 1 is 1.33 bits per heavy atom. The van der Waals surface area contributed by atoms with Gasteiger partial charge in [0.05, 0.1) is 6.54 Å². The summed E-state index contributed by atoms with van der Waals surface area (Å²) in [7, 11) is 0. The minimum Gasteiger partial charge on any atom is -0.295 e. The zero-order valence-corrected chi connectivity index (χ0v) is 10.4. The summed E-state index contributed by atoms with van der Waals surface area (Å²) in [5, 5.41) is 0. The van der Waals surface area contributed by atoms with Gasteiger partial charge in [0.1, 0.15) is 0 Å². The summed E-state index contributed by atoms with van der Waals surface area (Å²) in [5.74, 6) is 0.300. The van der Waals surface area contributed by atoms with E-state index < -0.39 is 12.7 Å². The Kier molecular flexibility index (Phi) is 3.90. The van der Waals surface area contributed by atoms with Crippen LogP contribution >= 0.6 is 0 Å². The molecule has 2 nitrogen and oxygen atoms in total. The van der Waals surface area contributed by atoms with Crippen molar-refractivity contribution >= 4 is 0 Å². The molecule has 2 rings (SSSR count). The van der Waals surface area contributed by atoms with Gasteiger partial charge in [-0.15, -0.1) is 0 Å². The Hall–Kier alpha value is -1.10. The summed E-state index contributed by atoms with van der Waals surface area (Å²) in [5.41, 5.74) is 2.17. The molecule has 0 spiro atoms. The van der Waals surface area contributed by atoms with Crippen molar-refractivity contribution in [3.8, 4) is 0 Å². The number of alkyl halides is 3. The smallest absolute Gasteiger partial charge is 0.295 e. The van der Waals surface area contributed by atoms with Crippen LogP contribution in [0.1, 0.15) is 30.0 Å². The van der Waals surface area contributed by atoms with Gasteiger partial charge in [-0.3, -0.25) is 9.88 Å². The van der Waals surface area contributed by atoms with E-state index >= 15 is 0 Å². The molecule has 2 heterocycles. The van der Waals surface area contributed by atoms with Gasteiger partial charge in [-0.2, -0.15) is 13.2 Å². The predicted molar refractivity (Wildman–Crippen MR) is 63.4 cm³/mol. The third-order valence-electron chi connectivity index (χ3n) is 3.35. The van der Waals surface area contributed by atoms with E-state index in [0.717, 1.165) is 24.1 Å². The lowest BCUT2D eigenvalue weighted by Gasteiger charge is -2.32. The van der Waals surface area contributed by atoms with Gasteiger partial charge in [0.25, 0.3) is 0 Å². The molecular weight excluding hydrogens is 241 g/mol. The maximum Gasteiger partial charge on any atom is 0.401 e. The van der Waals surface area contributed by atoms with Gasteiger partial charge in [-0.25, -0.2) is 0 Å². The second-order valence-corrected chi connectivity index (χ2v) is 4.92. The lowest BCUT2D eigenvalue weighted by Crippen LogP contribution is -2.39.